The molecule has 0 aliphatic heterocycles. The smallest absolute Gasteiger partial charge is 0.124 e. The first-order chi connectivity index (χ1) is 16.6. The summed E-state index contributed by atoms with van der Waals surface area (Å²) in [6.45, 7) is 2.60. The van der Waals surface area contributed by atoms with Gasteiger partial charge in [-0.2, -0.15) is 5.10 Å². The molecule has 0 saturated heterocycles. The number of benzene rings is 3. The summed E-state index contributed by atoms with van der Waals surface area (Å²) in [7, 11) is 0. The first kappa shape index (κ1) is 21.7. The second-order valence-corrected chi connectivity index (χ2v) is 8.54. The van der Waals surface area contributed by atoms with E-state index in [1.54, 1.807) is 12.3 Å². The molecule has 0 aliphatic carbocycles. The Hall–Kier alpha value is -4.16. The molecule has 0 radical (unpaired) electrons. The van der Waals surface area contributed by atoms with Gasteiger partial charge in [-0.05, 0) is 54.8 Å². The number of nitrogens with one attached hydrogen (secondary N) is 2. The molecule has 0 unspecified atom stereocenters. The highest BCUT2D eigenvalue weighted by atomic mass is 16.3. The van der Waals surface area contributed by atoms with E-state index in [9.17, 15) is 5.11 Å². The summed E-state index contributed by atoms with van der Waals surface area (Å²) in [5.74, 6) is 0.197. The monoisotopic (exact) mass is 449 g/mol. The van der Waals surface area contributed by atoms with Gasteiger partial charge in [-0.15, -0.1) is 0 Å². The van der Waals surface area contributed by atoms with Crippen molar-refractivity contribution in [2.45, 2.75) is 19.4 Å². The predicted molar refractivity (Wildman–Crippen MR) is 138 cm³/mol. The maximum absolute atomic E-state index is 10.5. The number of para-hydroxylation sites is 1. The predicted octanol–water partition coefficient (Wildman–Crippen LogP) is 5.29. The number of fused-ring (bicyclic) bond motifs is 1. The lowest BCUT2D eigenvalue weighted by molar-refractivity contribution is 0.477. The third-order valence-corrected chi connectivity index (χ3v) is 6.02. The van der Waals surface area contributed by atoms with Gasteiger partial charge in [0.05, 0.1) is 28.8 Å². The molecular weight excluding hydrogens is 422 g/mol. The van der Waals surface area contributed by atoms with Crippen molar-refractivity contribution >= 4 is 16.6 Å². The molecule has 170 valence electrons. The SMILES string of the molecule is Cc1n[nH]c2ccc(-c3cc(NC[C@H](N)Cc4ccccc4)cnc3-c3ccccc3O)cc12. The molecule has 0 spiro atoms. The summed E-state index contributed by atoms with van der Waals surface area (Å²) in [6.07, 6.45) is 2.59. The average molecular weight is 450 g/mol. The number of aromatic amines is 1. The molecule has 0 aliphatic rings. The van der Waals surface area contributed by atoms with Crippen LogP contribution in [0.4, 0.5) is 5.69 Å². The van der Waals surface area contributed by atoms with Crippen LogP contribution in [0.3, 0.4) is 0 Å². The maximum atomic E-state index is 10.5. The first-order valence-electron chi connectivity index (χ1n) is 11.4. The van der Waals surface area contributed by atoms with Gasteiger partial charge >= 0.3 is 0 Å². The third kappa shape index (κ3) is 4.49. The summed E-state index contributed by atoms with van der Waals surface area (Å²) in [6, 6.07) is 25.7. The molecular formula is C28H27N5O. The van der Waals surface area contributed by atoms with Gasteiger partial charge in [0.1, 0.15) is 5.75 Å². The second kappa shape index (κ2) is 9.37. The number of H-pyrrole nitrogens is 1. The minimum atomic E-state index is -0.0337. The fourth-order valence-electron chi connectivity index (χ4n) is 4.22. The van der Waals surface area contributed by atoms with Crippen LogP contribution in [0, 0.1) is 6.92 Å². The van der Waals surface area contributed by atoms with Gasteiger partial charge < -0.3 is 16.2 Å². The van der Waals surface area contributed by atoms with Gasteiger partial charge in [-0.3, -0.25) is 10.1 Å². The van der Waals surface area contributed by atoms with Gasteiger partial charge in [0, 0.05) is 29.1 Å². The quantitative estimate of drug-likeness (QED) is 0.271. The third-order valence-electron chi connectivity index (χ3n) is 6.02. The number of aromatic nitrogens is 3. The van der Waals surface area contributed by atoms with Crippen molar-refractivity contribution in [3.63, 3.8) is 0 Å². The number of nitrogens with zero attached hydrogens (tertiary/aromatic N) is 2. The molecule has 5 rings (SSSR count). The van der Waals surface area contributed by atoms with E-state index in [0.29, 0.717) is 12.1 Å². The van der Waals surface area contributed by atoms with Crippen molar-refractivity contribution in [2.75, 3.05) is 11.9 Å². The molecule has 6 nitrogen and oxygen atoms in total. The lowest BCUT2D eigenvalue weighted by atomic mass is 9.97. The summed E-state index contributed by atoms with van der Waals surface area (Å²) < 4.78 is 0. The highest BCUT2D eigenvalue weighted by molar-refractivity contribution is 5.91. The van der Waals surface area contributed by atoms with E-state index in [1.807, 2.05) is 55.5 Å². The summed E-state index contributed by atoms with van der Waals surface area (Å²) in [4.78, 5) is 4.75. The van der Waals surface area contributed by atoms with E-state index in [4.69, 9.17) is 10.7 Å². The molecule has 6 heteroatoms. The Morgan fingerprint density at radius 3 is 2.59 bits per heavy atom. The number of pyridine rings is 1. The van der Waals surface area contributed by atoms with Gasteiger partial charge in [-0.25, -0.2) is 0 Å². The number of aromatic hydroxyl groups is 1. The molecule has 2 aromatic heterocycles. The average Bonchev–Trinajstić information content (AvgIpc) is 3.24. The molecule has 2 heterocycles. The Morgan fingerprint density at radius 2 is 1.76 bits per heavy atom. The lowest BCUT2D eigenvalue weighted by Crippen LogP contribution is -2.31. The number of phenolic OH excluding ortho intramolecular Hbond substituents is 1. The number of nitrogens with two attached hydrogens (primary N) is 1. The van der Waals surface area contributed by atoms with Crippen molar-refractivity contribution in [3.8, 4) is 28.1 Å². The van der Waals surface area contributed by atoms with Crippen LogP contribution in [0.15, 0.2) is 85.1 Å². The molecule has 0 fully saturated rings. The molecule has 1 atom stereocenters. The Balaban J connectivity index is 1.48. The van der Waals surface area contributed by atoms with Gasteiger partial charge in [0.2, 0.25) is 0 Å². The number of aryl methyl sites for hydroxylation is 1. The highest BCUT2D eigenvalue weighted by Crippen LogP contribution is 2.37. The number of anilines is 1. The van der Waals surface area contributed by atoms with Crippen LogP contribution in [-0.4, -0.2) is 32.9 Å². The van der Waals surface area contributed by atoms with E-state index >= 15 is 0 Å². The molecule has 0 bridgehead atoms. The summed E-state index contributed by atoms with van der Waals surface area (Å²) in [5.41, 5.74) is 13.7. The van der Waals surface area contributed by atoms with Crippen LogP contribution in [0.25, 0.3) is 33.3 Å². The standard InChI is InChI=1S/C28H27N5O/c1-18-24-14-20(11-12-26(24)33-32-18)25-15-22(17-31-28(25)23-9-5-6-10-27(23)34)30-16-21(29)13-19-7-3-2-4-8-19/h2-12,14-15,17,21,30,34H,13,16,29H2,1H3,(H,32,33)/t21-/m1/s1. The molecule has 3 aromatic carbocycles. The van der Waals surface area contributed by atoms with Crippen molar-refractivity contribution < 1.29 is 5.11 Å². The topological polar surface area (TPSA) is 99.9 Å². The zero-order chi connectivity index (χ0) is 23.5. The van der Waals surface area contributed by atoms with Crippen molar-refractivity contribution in [2.24, 2.45) is 5.73 Å². The molecule has 0 amide bonds. The minimum absolute atomic E-state index is 0.0337. The van der Waals surface area contributed by atoms with Crippen LogP contribution in [-0.2, 0) is 6.42 Å². The van der Waals surface area contributed by atoms with E-state index in [1.165, 1.54) is 5.56 Å². The zero-order valence-electron chi connectivity index (χ0n) is 19.0. The fraction of sp³-hybridized carbons (Fsp3) is 0.143. The lowest BCUT2D eigenvalue weighted by Gasteiger charge is -2.16. The molecule has 5 N–H and O–H groups in total. The van der Waals surface area contributed by atoms with Crippen molar-refractivity contribution in [3.05, 3.63) is 96.3 Å². The largest absolute Gasteiger partial charge is 0.507 e. The summed E-state index contributed by atoms with van der Waals surface area (Å²) in [5, 5.41) is 22.4. The van der Waals surface area contributed by atoms with Gasteiger partial charge in [0.15, 0.2) is 0 Å². The second-order valence-electron chi connectivity index (χ2n) is 8.54. The number of hydrogen-bond donors (Lipinski definition) is 4. The van der Waals surface area contributed by atoms with E-state index in [2.05, 4.69) is 39.8 Å². The van der Waals surface area contributed by atoms with E-state index in [-0.39, 0.29) is 11.8 Å². The molecule has 0 saturated carbocycles. The number of rotatable bonds is 7. The maximum Gasteiger partial charge on any atom is 0.124 e. The highest BCUT2D eigenvalue weighted by Gasteiger charge is 2.15. The van der Waals surface area contributed by atoms with E-state index < -0.39 is 0 Å². The normalized spacial score (nSPS) is 12.1. The Labute approximate surface area is 198 Å². The van der Waals surface area contributed by atoms with Gasteiger partial charge in [-0.1, -0.05) is 48.5 Å². The van der Waals surface area contributed by atoms with Crippen LogP contribution < -0.4 is 11.1 Å². The van der Waals surface area contributed by atoms with Crippen LogP contribution >= 0.6 is 0 Å². The van der Waals surface area contributed by atoms with Crippen molar-refractivity contribution in [1.29, 1.82) is 0 Å². The van der Waals surface area contributed by atoms with Crippen molar-refractivity contribution in [1.82, 2.24) is 15.2 Å². The van der Waals surface area contributed by atoms with Gasteiger partial charge in [0.25, 0.3) is 0 Å². The van der Waals surface area contributed by atoms with Crippen LogP contribution in [0.2, 0.25) is 0 Å². The minimum Gasteiger partial charge on any atom is -0.507 e. The number of hydrogen-bond acceptors (Lipinski definition) is 5. The Bertz CT molecular complexity index is 1430. The van der Waals surface area contributed by atoms with Crippen LogP contribution in [0.1, 0.15) is 11.3 Å². The van der Waals surface area contributed by atoms with E-state index in [0.717, 1.165) is 45.5 Å². The number of phenols is 1. The summed E-state index contributed by atoms with van der Waals surface area (Å²) >= 11 is 0. The molecule has 34 heavy (non-hydrogen) atoms. The molecule has 5 aromatic rings. The Morgan fingerprint density at radius 1 is 0.971 bits per heavy atom. The first-order valence-corrected chi connectivity index (χ1v) is 11.4. The fourth-order valence-corrected chi connectivity index (χ4v) is 4.22. The Kier molecular flexibility index (Phi) is 5.97. The van der Waals surface area contributed by atoms with Crippen LogP contribution in [0.5, 0.6) is 5.75 Å². The zero-order valence-corrected chi connectivity index (χ0v) is 19.0.